The van der Waals surface area contributed by atoms with Gasteiger partial charge in [0.05, 0.1) is 36.8 Å². The summed E-state index contributed by atoms with van der Waals surface area (Å²) in [5.74, 6) is 0.247. The minimum Gasteiger partial charge on any atom is -0.497 e. The molecule has 0 saturated heterocycles. The molecular formula is C30H42N4O7S. The Morgan fingerprint density at radius 2 is 1.86 bits per heavy atom. The summed E-state index contributed by atoms with van der Waals surface area (Å²) < 4.78 is 40.1. The molecule has 1 heterocycles. The number of benzene rings is 2. The molecule has 1 aliphatic carbocycles. The number of likely N-dealkylation sites (N-methyl/N-ethyl adjacent to an activating group) is 1. The number of hydrogen-bond acceptors (Lipinski definition) is 7. The Morgan fingerprint density at radius 1 is 1.17 bits per heavy atom. The van der Waals surface area contributed by atoms with Crippen molar-refractivity contribution in [1.82, 2.24) is 15.1 Å². The van der Waals surface area contributed by atoms with Gasteiger partial charge in [-0.25, -0.2) is 13.2 Å². The van der Waals surface area contributed by atoms with Gasteiger partial charge in [0.15, 0.2) is 0 Å². The van der Waals surface area contributed by atoms with Crippen molar-refractivity contribution in [3.63, 3.8) is 0 Å². The topological polar surface area (TPSA) is 138 Å². The highest BCUT2D eigenvalue weighted by atomic mass is 32.2. The fraction of sp³-hybridized carbons (Fsp3) is 0.533. The van der Waals surface area contributed by atoms with Gasteiger partial charge in [0.1, 0.15) is 17.6 Å². The van der Waals surface area contributed by atoms with Crippen molar-refractivity contribution in [2.75, 3.05) is 38.6 Å². The smallest absolute Gasteiger partial charge is 0.317 e. The molecule has 3 atom stereocenters. The predicted octanol–water partition coefficient (Wildman–Crippen LogP) is 3.69. The Hall–Kier alpha value is -3.51. The summed E-state index contributed by atoms with van der Waals surface area (Å²) in [4.78, 5) is 29.9. The van der Waals surface area contributed by atoms with Gasteiger partial charge in [0.25, 0.3) is 15.9 Å². The van der Waals surface area contributed by atoms with Crippen LogP contribution in [0.2, 0.25) is 0 Å². The number of hydrogen-bond donors (Lipinski definition) is 3. The van der Waals surface area contributed by atoms with Crippen molar-refractivity contribution in [2.24, 2.45) is 5.92 Å². The number of carbonyl (C=O) groups excluding carboxylic acids is 2. The molecule has 4 rings (SSSR count). The van der Waals surface area contributed by atoms with Crippen molar-refractivity contribution in [1.29, 1.82) is 0 Å². The van der Waals surface area contributed by atoms with E-state index in [0.29, 0.717) is 5.75 Å². The van der Waals surface area contributed by atoms with Crippen LogP contribution in [0.1, 0.15) is 56.3 Å². The average molecular weight is 603 g/mol. The second kappa shape index (κ2) is 13.6. The lowest BCUT2D eigenvalue weighted by Crippen LogP contribution is -2.52. The third kappa shape index (κ3) is 7.46. The molecule has 2 aliphatic rings. The largest absolute Gasteiger partial charge is 0.497 e. The molecule has 2 aromatic rings. The van der Waals surface area contributed by atoms with Crippen LogP contribution >= 0.6 is 0 Å². The van der Waals surface area contributed by atoms with Crippen molar-refractivity contribution in [3.8, 4) is 11.5 Å². The lowest BCUT2D eigenvalue weighted by molar-refractivity contribution is 0.0366. The number of aliphatic hydroxyl groups is 1. The molecule has 230 valence electrons. The number of fused-ring (bicyclic) bond motifs is 1. The van der Waals surface area contributed by atoms with Gasteiger partial charge in [0.2, 0.25) is 0 Å². The molecule has 42 heavy (non-hydrogen) atoms. The Bertz CT molecular complexity index is 1350. The second-order valence-corrected chi connectivity index (χ2v) is 13.0. The molecule has 12 heteroatoms. The SMILES string of the molecule is COc1ccc(S(=O)(=O)Nc2ccc3c(c2)C(=O)N([C@H](C)CO)C[C@@H](C)[C@H](CN(C)C(=O)NC2CCCCC2)O3)cc1. The fourth-order valence-corrected chi connectivity index (χ4v) is 6.41. The van der Waals surface area contributed by atoms with Gasteiger partial charge in [-0.1, -0.05) is 26.2 Å². The molecule has 0 spiro atoms. The molecule has 0 aromatic heterocycles. The van der Waals surface area contributed by atoms with Crippen LogP contribution in [0.4, 0.5) is 10.5 Å². The van der Waals surface area contributed by atoms with Crippen LogP contribution < -0.4 is 19.5 Å². The predicted molar refractivity (Wildman–Crippen MR) is 159 cm³/mol. The molecule has 0 unspecified atom stereocenters. The summed E-state index contributed by atoms with van der Waals surface area (Å²) in [6, 6.07) is 10.0. The van der Waals surface area contributed by atoms with Gasteiger partial charge in [0, 0.05) is 31.2 Å². The van der Waals surface area contributed by atoms with Crippen molar-refractivity contribution >= 4 is 27.6 Å². The molecule has 2 aromatic carbocycles. The van der Waals surface area contributed by atoms with Crippen molar-refractivity contribution in [3.05, 3.63) is 48.0 Å². The zero-order valence-electron chi connectivity index (χ0n) is 24.7. The highest BCUT2D eigenvalue weighted by Gasteiger charge is 2.34. The quantitative estimate of drug-likeness (QED) is 0.398. The van der Waals surface area contributed by atoms with Crippen LogP contribution in [0.5, 0.6) is 11.5 Å². The van der Waals surface area contributed by atoms with Gasteiger partial charge >= 0.3 is 6.03 Å². The standard InChI is InChI=1S/C30H42N4O7S/c1-20-17-34(21(2)19-35)29(36)26-16-23(32-42(38,39)25-13-11-24(40-4)12-14-25)10-15-27(26)41-28(20)18-33(3)30(37)31-22-8-6-5-7-9-22/h10-16,20-22,28,32,35H,5-9,17-19H2,1-4H3,(H,31,37)/t20-,21-,28+/m1/s1. The van der Waals surface area contributed by atoms with Crippen molar-refractivity contribution < 1.29 is 32.6 Å². The Balaban J connectivity index is 1.58. The highest BCUT2D eigenvalue weighted by Crippen LogP contribution is 2.31. The summed E-state index contributed by atoms with van der Waals surface area (Å²) >= 11 is 0. The van der Waals surface area contributed by atoms with E-state index < -0.39 is 22.2 Å². The van der Waals surface area contributed by atoms with E-state index >= 15 is 0 Å². The molecule has 1 fully saturated rings. The summed E-state index contributed by atoms with van der Waals surface area (Å²) in [6.07, 6.45) is 4.91. The molecule has 3 amide bonds. The number of carbonyl (C=O) groups is 2. The van der Waals surface area contributed by atoms with Crippen LogP contribution in [0.3, 0.4) is 0 Å². The van der Waals surface area contributed by atoms with Gasteiger partial charge < -0.3 is 29.7 Å². The Labute approximate surface area is 248 Å². The maximum Gasteiger partial charge on any atom is 0.317 e. The maximum atomic E-state index is 13.7. The number of methoxy groups -OCH3 is 1. The third-order valence-electron chi connectivity index (χ3n) is 8.02. The van der Waals surface area contributed by atoms with Crippen molar-refractivity contribution in [2.45, 2.75) is 69.0 Å². The third-order valence-corrected chi connectivity index (χ3v) is 9.42. The molecule has 11 nitrogen and oxygen atoms in total. The Morgan fingerprint density at radius 3 is 2.50 bits per heavy atom. The molecular weight excluding hydrogens is 560 g/mol. The molecule has 0 radical (unpaired) electrons. The second-order valence-electron chi connectivity index (χ2n) is 11.3. The van der Waals surface area contributed by atoms with E-state index in [1.54, 1.807) is 42.0 Å². The summed E-state index contributed by atoms with van der Waals surface area (Å²) in [5, 5.41) is 13.0. The first-order valence-corrected chi connectivity index (χ1v) is 15.9. The number of aliphatic hydroxyl groups excluding tert-OH is 1. The molecule has 3 N–H and O–H groups in total. The number of sulfonamides is 1. The van der Waals surface area contributed by atoms with Gasteiger partial charge in [-0.15, -0.1) is 0 Å². The average Bonchev–Trinajstić information content (AvgIpc) is 2.99. The van der Waals surface area contributed by atoms with Crippen LogP contribution in [0.25, 0.3) is 0 Å². The van der Waals surface area contributed by atoms with E-state index in [4.69, 9.17) is 9.47 Å². The lowest BCUT2D eigenvalue weighted by Gasteiger charge is -2.38. The first kappa shape index (κ1) is 31.4. The maximum absolute atomic E-state index is 13.7. The lowest BCUT2D eigenvalue weighted by atomic mass is 9.96. The van der Waals surface area contributed by atoms with E-state index in [-0.39, 0.29) is 65.5 Å². The monoisotopic (exact) mass is 602 g/mol. The molecule has 0 bridgehead atoms. The minimum atomic E-state index is -3.95. The first-order chi connectivity index (χ1) is 20.0. The molecule has 1 saturated carbocycles. The summed E-state index contributed by atoms with van der Waals surface area (Å²) in [7, 11) is -0.731. The first-order valence-electron chi connectivity index (χ1n) is 14.4. The van der Waals surface area contributed by atoms with Crippen LogP contribution in [-0.4, -0.2) is 87.3 Å². The van der Waals surface area contributed by atoms with Crippen LogP contribution in [-0.2, 0) is 10.0 Å². The number of ether oxygens (including phenoxy) is 2. The van der Waals surface area contributed by atoms with E-state index in [2.05, 4.69) is 10.0 Å². The normalized spacial score (nSPS) is 20.4. The number of rotatable bonds is 9. The zero-order valence-corrected chi connectivity index (χ0v) is 25.5. The van der Waals surface area contributed by atoms with Gasteiger partial charge in [-0.2, -0.15) is 0 Å². The Kier molecular flexibility index (Phi) is 10.2. The van der Waals surface area contributed by atoms with Crippen LogP contribution in [0.15, 0.2) is 47.4 Å². The van der Waals surface area contributed by atoms with Gasteiger partial charge in [-0.05, 0) is 62.2 Å². The van der Waals surface area contributed by atoms with Crippen LogP contribution in [0, 0.1) is 5.92 Å². The number of urea groups is 1. The van der Waals surface area contributed by atoms with E-state index in [9.17, 15) is 23.1 Å². The van der Waals surface area contributed by atoms with E-state index in [0.717, 1.165) is 25.7 Å². The summed E-state index contributed by atoms with van der Waals surface area (Å²) in [6.45, 7) is 4.02. The van der Waals surface area contributed by atoms with E-state index in [1.165, 1.54) is 37.8 Å². The molecule has 1 aliphatic heterocycles. The number of nitrogens with zero attached hydrogens (tertiary/aromatic N) is 2. The number of nitrogens with one attached hydrogen (secondary N) is 2. The number of amides is 3. The zero-order chi connectivity index (χ0) is 30.4. The van der Waals surface area contributed by atoms with E-state index in [1.807, 2.05) is 6.92 Å². The van der Waals surface area contributed by atoms with Gasteiger partial charge in [-0.3, -0.25) is 9.52 Å². The minimum absolute atomic E-state index is 0.0385. The fourth-order valence-electron chi connectivity index (χ4n) is 5.36. The highest BCUT2D eigenvalue weighted by molar-refractivity contribution is 7.92. The summed E-state index contributed by atoms with van der Waals surface area (Å²) in [5.41, 5.74) is 0.351. The number of anilines is 1.